The average Bonchev–Trinajstić information content (AvgIpc) is 2.21. The normalized spacial score (nSPS) is 24.1. The Morgan fingerprint density at radius 2 is 2.25 bits per heavy atom. The fourth-order valence-electron chi connectivity index (χ4n) is 1.95. The topological polar surface area (TPSA) is 12.0 Å². The van der Waals surface area contributed by atoms with Gasteiger partial charge in [-0.25, -0.2) is 0 Å². The molecule has 3 heteroatoms. The third-order valence-corrected chi connectivity index (χ3v) is 4.84. The molecule has 1 fully saturated rings. The van der Waals surface area contributed by atoms with Gasteiger partial charge in [0, 0.05) is 22.0 Å². The quantitative estimate of drug-likeness (QED) is 0.869. The van der Waals surface area contributed by atoms with E-state index >= 15 is 0 Å². The second-order valence-corrected chi connectivity index (χ2v) is 7.09. The van der Waals surface area contributed by atoms with Crippen LogP contribution in [0, 0.1) is 5.41 Å². The van der Waals surface area contributed by atoms with Gasteiger partial charge in [0.05, 0.1) is 0 Å². The van der Waals surface area contributed by atoms with Gasteiger partial charge in [0.2, 0.25) is 0 Å². The maximum Gasteiger partial charge on any atom is 0.0403 e. The summed E-state index contributed by atoms with van der Waals surface area (Å²) in [5.74, 6) is 2.50. The standard InChI is InChI=1S/C13H18BrNS/c1-13(2)6-7-16-9-12(13)15-11-5-3-4-10(14)8-11/h3-5,8,12,15H,6-7,9H2,1-2H3. The second-order valence-electron chi connectivity index (χ2n) is 5.02. The molecule has 0 bridgehead atoms. The number of benzene rings is 1. The van der Waals surface area contributed by atoms with E-state index in [0.29, 0.717) is 11.5 Å². The van der Waals surface area contributed by atoms with E-state index < -0.39 is 0 Å². The molecule has 1 nitrogen and oxygen atoms in total. The smallest absolute Gasteiger partial charge is 0.0403 e. The number of hydrogen-bond acceptors (Lipinski definition) is 2. The van der Waals surface area contributed by atoms with Gasteiger partial charge < -0.3 is 5.32 Å². The Bertz CT molecular complexity index is 365. The number of anilines is 1. The molecule has 1 aliphatic heterocycles. The van der Waals surface area contributed by atoms with Crippen molar-refractivity contribution >= 4 is 33.4 Å². The van der Waals surface area contributed by atoms with Gasteiger partial charge in [-0.3, -0.25) is 0 Å². The highest BCUT2D eigenvalue weighted by Crippen LogP contribution is 2.36. The molecule has 1 saturated heterocycles. The zero-order chi connectivity index (χ0) is 11.6. The third kappa shape index (κ3) is 2.95. The fraction of sp³-hybridized carbons (Fsp3) is 0.538. The van der Waals surface area contributed by atoms with E-state index in [-0.39, 0.29) is 0 Å². The molecule has 1 aromatic carbocycles. The van der Waals surface area contributed by atoms with Crippen molar-refractivity contribution in [2.75, 3.05) is 16.8 Å². The Labute approximate surface area is 111 Å². The summed E-state index contributed by atoms with van der Waals surface area (Å²) in [5.41, 5.74) is 1.61. The highest BCUT2D eigenvalue weighted by molar-refractivity contribution is 9.10. The summed E-state index contributed by atoms with van der Waals surface area (Å²) < 4.78 is 1.14. The highest BCUT2D eigenvalue weighted by atomic mass is 79.9. The van der Waals surface area contributed by atoms with Crippen LogP contribution in [0.4, 0.5) is 5.69 Å². The van der Waals surface area contributed by atoms with E-state index in [0.717, 1.165) is 4.47 Å². The first kappa shape index (κ1) is 12.3. The van der Waals surface area contributed by atoms with Crippen molar-refractivity contribution in [2.24, 2.45) is 5.41 Å². The molecule has 1 aliphatic rings. The SMILES string of the molecule is CC1(C)CCSCC1Nc1cccc(Br)c1. The summed E-state index contributed by atoms with van der Waals surface area (Å²) in [5, 5.41) is 3.66. The van der Waals surface area contributed by atoms with Crippen LogP contribution in [0.3, 0.4) is 0 Å². The lowest BCUT2D eigenvalue weighted by atomic mass is 9.82. The molecule has 0 aromatic heterocycles. The molecule has 0 saturated carbocycles. The van der Waals surface area contributed by atoms with Gasteiger partial charge >= 0.3 is 0 Å². The summed E-state index contributed by atoms with van der Waals surface area (Å²) in [6.07, 6.45) is 1.29. The minimum Gasteiger partial charge on any atom is -0.381 e. The van der Waals surface area contributed by atoms with E-state index in [9.17, 15) is 0 Å². The summed E-state index contributed by atoms with van der Waals surface area (Å²) in [7, 11) is 0. The Morgan fingerprint density at radius 1 is 1.44 bits per heavy atom. The van der Waals surface area contributed by atoms with Gasteiger partial charge in [0.1, 0.15) is 0 Å². The number of halogens is 1. The molecule has 1 atom stereocenters. The molecule has 0 amide bonds. The lowest BCUT2D eigenvalue weighted by Crippen LogP contribution is -2.41. The van der Waals surface area contributed by atoms with Crippen molar-refractivity contribution in [3.05, 3.63) is 28.7 Å². The van der Waals surface area contributed by atoms with Crippen molar-refractivity contribution in [3.63, 3.8) is 0 Å². The molecular weight excluding hydrogens is 282 g/mol. The van der Waals surface area contributed by atoms with Crippen LogP contribution in [-0.4, -0.2) is 17.5 Å². The van der Waals surface area contributed by atoms with Crippen LogP contribution in [0.25, 0.3) is 0 Å². The van der Waals surface area contributed by atoms with Crippen LogP contribution >= 0.6 is 27.7 Å². The van der Waals surface area contributed by atoms with E-state index in [1.54, 1.807) is 0 Å². The van der Waals surface area contributed by atoms with E-state index in [4.69, 9.17) is 0 Å². The molecular formula is C13H18BrNS. The monoisotopic (exact) mass is 299 g/mol. The maximum atomic E-state index is 3.66. The third-order valence-electron chi connectivity index (χ3n) is 3.28. The van der Waals surface area contributed by atoms with Crippen LogP contribution < -0.4 is 5.32 Å². The van der Waals surface area contributed by atoms with Crippen LogP contribution in [0.5, 0.6) is 0 Å². The van der Waals surface area contributed by atoms with Gasteiger partial charge in [-0.05, 0) is 35.8 Å². The molecule has 0 aliphatic carbocycles. The van der Waals surface area contributed by atoms with Crippen LogP contribution in [0.2, 0.25) is 0 Å². The molecule has 0 radical (unpaired) electrons. The Hall–Kier alpha value is -0.150. The van der Waals surface area contributed by atoms with Gasteiger partial charge in [-0.2, -0.15) is 11.8 Å². The first-order chi connectivity index (χ1) is 7.58. The Morgan fingerprint density at radius 3 is 2.94 bits per heavy atom. The Kier molecular flexibility index (Phi) is 3.85. The predicted octanol–water partition coefficient (Wildman–Crippen LogP) is 4.39. The summed E-state index contributed by atoms with van der Waals surface area (Å²) >= 11 is 5.56. The van der Waals surface area contributed by atoms with Gasteiger partial charge in [-0.15, -0.1) is 0 Å². The largest absolute Gasteiger partial charge is 0.381 e. The molecule has 16 heavy (non-hydrogen) atoms. The molecule has 1 heterocycles. The molecule has 88 valence electrons. The molecule has 1 N–H and O–H groups in total. The molecule has 2 rings (SSSR count). The first-order valence-electron chi connectivity index (χ1n) is 5.68. The van der Waals surface area contributed by atoms with Crippen molar-refractivity contribution in [3.8, 4) is 0 Å². The summed E-state index contributed by atoms with van der Waals surface area (Å²) in [4.78, 5) is 0. The van der Waals surface area contributed by atoms with Crippen LogP contribution in [-0.2, 0) is 0 Å². The van der Waals surface area contributed by atoms with Crippen molar-refractivity contribution in [2.45, 2.75) is 26.3 Å². The van der Waals surface area contributed by atoms with Gasteiger partial charge in [0.15, 0.2) is 0 Å². The van der Waals surface area contributed by atoms with Gasteiger partial charge in [-0.1, -0.05) is 35.8 Å². The van der Waals surface area contributed by atoms with Crippen molar-refractivity contribution in [1.29, 1.82) is 0 Å². The molecule has 1 aromatic rings. The minimum absolute atomic E-state index is 0.396. The molecule has 0 spiro atoms. The summed E-state index contributed by atoms with van der Waals surface area (Å²) in [6, 6.07) is 9.00. The highest BCUT2D eigenvalue weighted by Gasteiger charge is 2.32. The van der Waals surface area contributed by atoms with Crippen molar-refractivity contribution in [1.82, 2.24) is 0 Å². The zero-order valence-corrected chi connectivity index (χ0v) is 12.2. The fourth-order valence-corrected chi connectivity index (χ4v) is 3.96. The average molecular weight is 300 g/mol. The second kappa shape index (κ2) is 5.01. The zero-order valence-electron chi connectivity index (χ0n) is 9.79. The lowest BCUT2D eigenvalue weighted by Gasteiger charge is -2.39. The van der Waals surface area contributed by atoms with E-state index in [1.807, 2.05) is 0 Å². The van der Waals surface area contributed by atoms with E-state index in [1.165, 1.54) is 23.6 Å². The van der Waals surface area contributed by atoms with Crippen LogP contribution in [0.1, 0.15) is 20.3 Å². The number of thioether (sulfide) groups is 1. The number of hydrogen-bond donors (Lipinski definition) is 1. The Balaban J connectivity index is 2.08. The summed E-state index contributed by atoms with van der Waals surface area (Å²) in [6.45, 7) is 4.73. The van der Waals surface area contributed by atoms with Gasteiger partial charge in [0.25, 0.3) is 0 Å². The maximum absolute atomic E-state index is 3.66. The van der Waals surface area contributed by atoms with Crippen molar-refractivity contribution < 1.29 is 0 Å². The lowest BCUT2D eigenvalue weighted by molar-refractivity contribution is 0.305. The predicted molar refractivity (Wildman–Crippen MR) is 77.3 cm³/mol. The number of nitrogens with one attached hydrogen (secondary N) is 1. The number of rotatable bonds is 2. The minimum atomic E-state index is 0.396. The van der Waals surface area contributed by atoms with E-state index in [2.05, 4.69) is 71.1 Å². The first-order valence-corrected chi connectivity index (χ1v) is 7.62. The molecule has 1 unspecified atom stereocenters. The van der Waals surface area contributed by atoms with Crippen LogP contribution in [0.15, 0.2) is 28.7 Å².